The molecule has 0 saturated carbocycles. The average Bonchev–Trinajstić information content (AvgIpc) is 3.23. The van der Waals surface area contributed by atoms with Gasteiger partial charge in [-0.3, -0.25) is 14.7 Å². The molecular weight excluding hydrogens is 339 g/mol. The SMILES string of the molecule is O=C(c1cn[nH]c1)N1CC[C@]2(C1)C(=O)Nc1cc(Cl)c(Cl)cc12. The van der Waals surface area contributed by atoms with Gasteiger partial charge in [0.1, 0.15) is 0 Å². The topological polar surface area (TPSA) is 78.1 Å². The molecule has 1 aromatic carbocycles. The number of rotatable bonds is 1. The molecule has 1 atom stereocenters. The van der Waals surface area contributed by atoms with Crippen molar-refractivity contribution in [1.82, 2.24) is 15.1 Å². The maximum Gasteiger partial charge on any atom is 0.257 e. The van der Waals surface area contributed by atoms with Gasteiger partial charge in [-0.2, -0.15) is 5.10 Å². The lowest BCUT2D eigenvalue weighted by atomic mass is 9.81. The first-order valence-electron chi connectivity index (χ1n) is 7.10. The first-order valence-corrected chi connectivity index (χ1v) is 7.86. The highest BCUT2D eigenvalue weighted by atomic mass is 35.5. The Balaban J connectivity index is 1.70. The van der Waals surface area contributed by atoms with Crippen molar-refractivity contribution in [2.45, 2.75) is 11.8 Å². The minimum absolute atomic E-state index is 0.117. The summed E-state index contributed by atoms with van der Waals surface area (Å²) in [6.45, 7) is 0.810. The van der Waals surface area contributed by atoms with E-state index in [1.54, 1.807) is 23.2 Å². The molecule has 2 aliphatic heterocycles. The molecule has 6 nitrogen and oxygen atoms in total. The van der Waals surface area contributed by atoms with E-state index in [0.29, 0.717) is 40.8 Å². The van der Waals surface area contributed by atoms with E-state index >= 15 is 0 Å². The van der Waals surface area contributed by atoms with Crippen LogP contribution in [0, 0.1) is 0 Å². The van der Waals surface area contributed by atoms with Crippen LogP contribution in [0.15, 0.2) is 24.5 Å². The van der Waals surface area contributed by atoms with E-state index in [2.05, 4.69) is 15.5 Å². The van der Waals surface area contributed by atoms with E-state index in [-0.39, 0.29) is 11.8 Å². The molecule has 1 spiro atoms. The van der Waals surface area contributed by atoms with Crippen molar-refractivity contribution in [3.63, 3.8) is 0 Å². The number of H-pyrrole nitrogens is 1. The maximum absolute atomic E-state index is 12.6. The fraction of sp³-hybridized carbons (Fsp3) is 0.267. The standard InChI is InChI=1S/C15H12Cl2N4O2/c16-10-3-9-12(4-11(10)17)20-14(23)15(9)1-2-21(7-15)13(22)8-5-18-19-6-8/h3-6H,1-2,7H2,(H,18,19)(H,20,23)/t15-/m1/s1. The van der Waals surface area contributed by atoms with Gasteiger partial charge in [-0.25, -0.2) is 0 Å². The molecule has 8 heteroatoms. The van der Waals surface area contributed by atoms with Crippen LogP contribution in [0.5, 0.6) is 0 Å². The minimum Gasteiger partial charge on any atom is -0.337 e. The molecule has 1 fully saturated rings. The molecule has 23 heavy (non-hydrogen) atoms. The van der Waals surface area contributed by atoms with Crippen LogP contribution in [0.2, 0.25) is 10.0 Å². The third-order valence-electron chi connectivity index (χ3n) is 4.56. The lowest BCUT2D eigenvalue weighted by Gasteiger charge is -2.22. The number of likely N-dealkylation sites (tertiary alicyclic amines) is 1. The summed E-state index contributed by atoms with van der Waals surface area (Å²) in [5.41, 5.74) is 1.19. The number of carbonyl (C=O) groups excluding carboxylic acids is 2. The van der Waals surface area contributed by atoms with Gasteiger partial charge in [0.15, 0.2) is 0 Å². The van der Waals surface area contributed by atoms with E-state index in [9.17, 15) is 9.59 Å². The number of carbonyl (C=O) groups is 2. The van der Waals surface area contributed by atoms with Gasteiger partial charge in [0.25, 0.3) is 5.91 Å². The number of halogens is 2. The molecule has 2 aromatic rings. The summed E-state index contributed by atoms with van der Waals surface area (Å²) in [5, 5.41) is 10.1. The molecule has 4 rings (SSSR count). The van der Waals surface area contributed by atoms with E-state index in [4.69, 9.17) is 23.2 Å². The zero-order valence-electron chi connectivity index (χ0n) is 11.9. The number of anilines is 1. The first kappa shape index (κ1) is 14.5. The summed E-state index contributed by atoms with van der Waals surface area (Å²) in [7, 11) is 0. The molecule has 1 saturated heterocycles. The second-order valence-electron chi connectivity index (χ2n) is 5.81. The zero-order valence-corrected chi connectivity index (χ0v) is 13.4. The molecule has 0 unspecified atom stereocenters. The minimum atomic E-state index is -0.761. The lowest BCUT2D eigenvalue weighted by Crippen LogP contribution is -2.39. The number of aromatic amines is 1. The van der Waals surface area contributed by atoms with Crippen molar-refractivity contribution in [3.05, 3.63) is 45.7 Å². The van der Waals surface area contributed by atoms with Gasteiger partial charge in [0, 0.05) is 25.0 Å². The van der Waals surface area contributed by atoms with Gasteiger partial charge in [-0.15, -0.1) is 0 Å². The second kappa shape index (κ2) is 4.97. The third-order valence-corrected chi connectivity index (χ3v) is 5.28. The number of nitrogens with one attached hydrogen (secondary N) is 2. The highest BCUT2D eigenvalue weighted by Crippen LogP contribution is 2.46. The van der Waals surface area contributed by atoms with Crippen molar-refractivity contribution in [2.75, 3.05) is 18.4 Å². The second-order valence-corrected chi connectivity index (χ2v) is 6.63. The van der Waals surface area contributed by atoms with Crippen LogP contribution >= 0.6 is 23.2 Å². The van der Waals surface area contributed by atoms with E-state index < -0.39 is 5.41 Å². The quantitative estimate of drug-likeness (QED) is 0.829. The van der Waals surface area contributed by atoms with E-state index in [1.165, 1.54) is 6.20 Å². The highest BCUT2D eigenvalue weighted by molar-refractivity contribution is 6.42. The molecule has 1 aromatic heterocycles. The van der Waals surface area contributed by atoms with Crippen LogP contribution in [0.4, 0.5) is 5.69 Å². The van der Waals surface area contributed by atoms with Gasteiger partial charge in [-0.05, 0) is 24.1 Å². The summed E-state index contributed by atoms with van der Waals surface area (Å²) in [6.07, 6.45) is 3.58. The lowest BCUT2D eigenvalue weighted by molar-refractivity contribution is -0.120. The first-order chi connectivity index (χ1) is 11.0. The predicted molar refractivity (Wildman–Crippen MR) is 85.9 cm³/mol. The Hall–Kier alpha value is -2.05. The summed E-state index contributed by atoms with van der Waals surface area (Å²) in [4.78, 5) is 26.7. The number of aromatic nitrogens is 2. The zero-order chi connectivity index (χ0) is 16.2. The van der Waals surface area contributed by atoms with Gasteiger partial charge in [0.2, 0.25) is 5.91 Å². The van der Waals surface area contributed by atoms with E-state index in [0.717, 1.165) is 5.56 Å². The van der Waals surface area contributed by atoms with Crippen molar-refractivity contribution < 1.29 is 9.59 Å². The Morgan fingerprint density at radius 3 is 2.83 bits per heavy atom. The Kier molecular flexibility index (Phi) is 3.14. The molecule has 0 bridgehead atoms. The number of amides is 2. The Morgan fingerprint density at radius 1 is 1.30 bits per heavy atom. The molecular formula is C15H12Cl2N4O2. The highest BCUT2D eigenvalue weighted by Gasteiger charge is 2.52. The molecule has 0 radical (unpaired) electrons. The summed E-state index contributed by atoms with van der Waals surface area (Å²) in [5.74, 6) is -0.259. The molecule has 2 amide bonds. The molecule has 2 N–H and O–H groups in total. The van der Waals surface area contributed by atoms with Crippen LogP contribution in [-0.4, -0.2) is 40.0 Å². The molecule has 2 aliphatic rings. The van der Waals surface area contributed by atoms with Gasteiger partial charge >= 0.3 is 0 Å². The predicted octanol–water partition coefficient (Wildman–Crippen LogP) is 2.45. The third kappa shape index (κ3) is 2.05. The molecule has 3 heterocycles. The van der Waals surface area contributed by atoms with Gasteiger partial charge in [0.05, 0.1) is 27.2 Å². The molecule has 118 valence electrons. The largest absolute Gasteiger partial charge is 0.337 e. The average molecular weight is 351 g/mol. The van der Waals surface area contributed by atoms with Crippen molar-refractivity contribution in [2.24, 2.45) is 0 Å². The Morgan fingerprint density at radius 2 is 2.09 bits per heavy atom. The number of benzene rings is 1. The number of fused-ring (bicyclic) bond motifs is 2. The maximum atomic E-state index is 12.6. The van der Waals surface area contributed by atoms with Gasteiger partial charge < -0.3 is 10.2 Å². The van der Waals surface area contributed by atoms with Crippen LogP contribution in [0.3, 0.4) is 0 Å². The summed E-state index contributed by atoms with van der Waals surface area (Å²) >= 11 is 12.1. The van der Waals surface area contributed by atoms with Crippen LogP contribution < -0.4 is 5.32 Å². The fourth-order valence-electron chi connectivity index (χ4n) is 3.35. The van der Waals surface area contributed by atoms with E-state index in [1.807, 2.05) is 0 Å². The van der Waals surface area contributed by atoms with Crippen molar-refractivity contribution in [1.29, 1.82) is 0 Å². The van der Waals surface area contributed by atoms with Crippen molar-refractivity contribution >= 4 is 40.7 Å². The normalized spacial score (nSPS) is 22.5. The number of nitrogens with zero attached hydrogens (tertiary/aromatic N) is 2. The van der Waals surface area contributed by atoms with Crippen LogP contribution in [0.1, 0.15) is 22.3 Å². The fourth-order valence-corrected chi connectivity index (χ4v) is 3.68. The Bertz CT molecular complexity index is 821. The Labute approximate surface area is 141 Å². The molecule has 0 aliphatic carbocycles. The van der Waals surface area contributed by atoms with Crippen LogP contribution in [-0.2, 0) is 10.2 Å². The summed E-state index contributed by atoms with van der Waals surface area (Å²) < 4.78 is 0. The van der Waals surface area contributed by atoms with Gasteiger partial charge in [-0.1, -0.05) is 23.2 Å². The number of hydrogen-bond acceptors (Lipinski definition) is 3. The van der Waals surface area contributed by atoms with Crippen LogP contribution in [0.25, 0.3) is 0 Å². The number of hydrogen-bond donors (Lipinski definition) is 2. The smallest absolute Gasteiger partial charge is 0.257 e. The monoisotopic (exact) mass is 350 g/mol. The summed E-state index contributed by atoms with van der Waals surface area (Å²) in [6, 6.07) is 3.38. The van der Waals surface area contributed by atoms with Crippen molar-refractivity contribution in [3.8, 4) is 0 Å².